The highest BCUT2D eigenvalue weighted by Crippen LogP contribution is 2.45. The molecular weight excluding hydrogens is 288 g/mol. The Hall–Kier alpha value is -1.49. The molecule has 2 aliphatic rings. The molecule has 22 heavy (non-hydrogen) atoms. The minimum absolute atomic E-state index is 0.0116. The van der Waals surface area contributed by atoms with E-state index in [4.69, 9.17) is 0 Å². The van der Waals surface area contributed by atoms with Crippen molar-refractivity contribution in [3.8, 4) is 0 Å². The summed E-state index contributed by atoms with van der Waals surface area (Å²) in [5.41, 5.74) is 0.168. The third-order valence-corrected chi connectivity index (χ3v) is 4.96. The van der Waals surface area contributed by atoms with Gasteiger partial charge in [0.15, 0.2) is 0 Å². The molecule has 0 spiro atoms. The number of amides is 1. The second-order valence-corrected chi connectivity index (χ2v) is 7.10. The van der Waals surface area contributed by atoms with Gasteiger partial charge in [0, 0.05) is 17.5 Å². The molecule has 1 N–H and O–H groups in total. The van der Waals surface area contributed by atoms with Gasteiger partial charge >= 0.3 is 0 Å². The molecule has 1 atom stereocenters. The maximum absolute atomic E-state index is 13.5. The van der Waals surface area contributed by atoms with Crippen LogP contribution in [0.5, 0.6) is 0 Å². The van der Waals surface area contributed by atoms with Crippen LogP contribution in [0.2, 0.25) is 0 Å². The first-order valence-electron chi connectivity index (χ1n) is 7.75. The van der Waals surface area contributed by atoms with E-state index < -0.39 is 17.7 Å². The Labute approximate surface area is 128 Å². The van der Waals surface area contributed by atoms with E-state index in [1.54, 1.807) is 4.90 Å². The lowest BCUT2D eigenvalue weighted by molar-refractivity contribution is -0.148. The lowest BCUT2D eigenvalue weighted by Gasteiger charge is -2.42. The summed E-state index contributed by atoms with van der Waals surface area (Å²) in [6.07, 6.45) is 2.05. The van der Waals surface area contributed by atoms with Crippen LogP contribution in [0, 0.1) is 17.6 Å². The number of carbonyl (C=O) groups excluding carboxylic acids is 1. The number of rotatable bonds is 2. The van der Waals surface area contributed by atoms with Crippen molar-refractivity contribution in [1.82, 2.24) is 4.90 Å². The van der Waals surface area contributed by atoms with Crippen LogP contribution in [0.4, 0.5) is 8.78 Å². The van der Waals surface area contributed by atoms with Gasteiger partial charge in [-0.1, -0.05) is 0 Å². The summed E-state index contributed by atoms with van der Waals surface area (Å²) in [4.78, 5) is 14.5. The summed E-state index contributed by atoms with van der Waals surface area (Å²) in [6.45, 7) is 3.96. The average molecular weight is 309 g/mol. The lowest BCUT2D eigenvalue weighted by atomic mass is 9.80. The Morgan fingerprint density at radius 1 is 1.23 bits per heavy atom. The molecular formula is C17H21F2NO2. The Bertz CT molecular complexity index is 576. The molecule has 1 unspecified atom stereocenters. The molecule has 3 nitrogen and oxygen atoms in total. The summed E-state index contributed by atoms with van der Waals surface area (Å²) < 4.78 is 27.0. The molecule has 5 heteroatoms. The number of halogens is 2. The fraction of sp³-hybridized carbons (Fsp3) is 0.588. The third kappa shape index (κ3) is 2.62. The molecule has 0 bridgehead atoms. The highest BCUT2D eigenvalue weighted by molar-refractivity contribution is 5.81. The van der Waals surface area contributed by atoms with Crippen LogP contribution in [0.25, 0.3) is 0 Å². The molecule has 1 aromatic rings. The zero-order chi connectivity index (χ0) is 16.1. The molecule has 0 radical (unpaired) electrons. The predicted octanol–water partition coefficient (Wildman–Crippen LogP) is 3.18. The maximum Gasteiger partial charge on any atom is 0.226 e. The second kappa shape index (κ2) is 5.30. The normalized spacial score (nSPS) is 30.2. The van der Waals surface area contributed by atoms with Crippen molar-refractivity contribution < 1.29 is 18.7 Å². The van der Waals surface area contributed by atoms with Crippen molar-refractivity contribution in [2.24, 2.45) is 5.92 Å². The first-order chi connectivity index (χ1) is 10.3. The highest BCUT2D eigenvalue weighted by atomic mass is 19.1. The molecule has 3 rings (SSSR count). The van der Waals surface area contributed by atoms with Crippen LogP contribution >= 0.6 is 0 Å². The van der Waals surface area contributed by atoms with Crippen LogP contribution < -0.4 is 0 Å². The van der Waals surface area contributed by atoms with Gasteiger partial charge in [-0.25, -0.2) is 8.78 Å². The molecule has 1 amide bonds. The van der Waals surface area contributed by atoms with E-state index in [2.05, 4.69) is 0 Å². The van der Waals surface area contributed by atoms with Gasteiger partial charge < -0.3 is 10.0 Å². The van der Waals surface area contributed by atoms with Gasteiger partial charge in [0.05, 0.1) is 12.1 Å². The number of benzene rings is 1. The quantitative estimate of drug-likeness (QED) is 0.911. The number of aliphatic hydroxyl groups excluding tert-OH is 1. The minimum atomic E-state index is -0.619. The van der Waals surface area contributed by atoms with E-state index >= 15 is 0 Å². The monoisotopic (exact) mass is 309 g/mol. The van der Waals surface area contributed by atoms with Crippen molar-refractivity contribution in [2.75, 3.05) is 0 Å². The van der Waals surface area contributed by atoms with Crippen LogP contribution in [-0.2, 0) is 4.79 Å². The van der Waals surface area contributed by atoms with Gasteiger partial charge in [-0.05, 0) is 57.2 Å². The number of carbonyl (C=O) groups is 1. The highest BCUT2D eigenvalue weighted by Gasteiger charge is 2.47. The van der Waals surface area contributed by atoms with Crippen molar-refractivity contribution in [1.29, 1.82) is 0 Å². The molecule has 1 aromatic carbocycles. The second-order valence-electron chi connectivity index (χ2n) is 7.10. The molecule has 1 aliphatic heterocycles. The minimum Gasteiger partial charge on any atom is -0.393 e. The number of hydrogen-bond donors (Lipinski definition) is 1. The van der Waals surface area contributed by atoms with Gasteiger partial charge in [0.2, 0.25) is 5.91 Å². The topological polar surface area (TPSA) is 40.5 Å². The largest absolute Gasteiger partial charge is 0.393 e. The zero-order valence-electron chi connectivity index (χ0n) is 12.9. The molecule has 1 saturated carbocycles. The summed E-state index contributed by atoms with van der Waals surface area (Å²) in [5, 5.41) is 9.43. The van der Waals surface area contributed by atoms with Gasteiger partial charge in [-0.2, -0.15) is 0 Å². The summed E-state index contributed by atoms with van der Waals surface area (Å²) in [5.74, 6) is -1.42. The van der Waals surface area contributed by atoms with E-state index in [9.17, 15) is 18.7 Å². The summed E-state index contributed by atoms with van der Waals surface area (Å²) >= 11 is 0. The zero-order valence-corrected chi connectivity index (χ0v) is 12.9. The Balaban J connectivity index is 1.91. The van der Waals surface area contributed by atoms with Gasteiger partial charge in [0.1, 0.15) is 11.6 Å². The van der Waals surface area contributed by atoms with E-state index in [0.29, 0.717) is 24.8 Å². The summed E-state index contributed by atoms with van der Waals surface area (Å²) in [7, 11) is 0. The van der Waals surface area contributed by atoms with Crippen LogP contribution in [-0.4, -0.2) is 27.6 Å². The summed E-state index contributed by atoms with van der Waals surface area (Å²) in [6, 6.07) is 3.17. The molecule has 2 fully saturated rings. The van der Waals surface area contributed by atoms with E-state index in [1.165, 1.54) is 12.1 Å². The van der Waals surface area contributed by atoms with Crippen LogP contribution in [0.1, 0.15) is 51.1 Å². The number of aliphatic hydroxyl groups is 1. The first-order valence-corrected chi connectivity index (χ1v) is 7.75. The fourth-order valence-corrected chi connectivity index (χ4v) is 3.68. The van der Waals surface area contributed by atoms with Gasteiger partial charge in [-0.3, -0.25) is 4.79 Å². The van der Waals surface area contributed by atoms with Gasteiger partial charge in [0.25, 0.3) is 0 Å². The maximum atomic E-state index is 13.5. The Kier molecular flexibility index (Phi) is 3.71. The Morgan fingerprint density at radius 3 is 2.36 bits per heavy atom. The van der Waals surface area contributed by atoms with Crippen molar-refractivity contribution in [2.45, 2.75) is 57.2 Å². The van der Waals surface area contributed by atoms with E-state index in [-0.39, 0.29) is 23.4 Å². The standard InChI is InChI=1S/C17H21F2NO2/c1-17(2)4-3-15(10-5-12(18)9-13(19)6-10)20(17)16(22)11-7-14(21)8-11/h5-6,9,11,14-15,21H,3-4,7-8H2,1-2H3. The van der Waals surface area contributed by atoms with Crippen LogP contribution in [0.15, 0.2) is 18.2 Å². The van der Waals surface area contributed by atoms with Crippen molar-refractivity contribution in [3.05, 3.63) is 35.4 Å². The van der Waals surface area contributed by atoms with Crippen molar-refractivity contribution in [3.63, 3.8) is 0 Å². The molecule has 1 aliphatic carbocycles. The molecule has 0 aromatic heterocycles. The SMILES string of the molecule is CC1(C)CCC(c2cc(F)cc(F)c2)N1C(=O)C1CC(O)C1. The number of nitrogens with zero attached hydrogens (tertiary/aromatic N) is 1. The van der Waals surface area contributed by atoms with E-state index in [1.807, 2.05) is 13.8 Å². The van der Waals surface area contributed by atoms with Crippen LogP contribution in [0.3, 0.4) is 0 Å². The average Bonchev–Trinajstić information content (AvgIpc) is 2.69. The lowest BCUT2D eigenvalue weighted by Crippen LogP contribution is -2.50. The Morgan fingerprint density at radius 2 is 1.82 bits per heavy atom. The molecule has 1 saturated heterocycles. The van der Waals surface area contributed by atoms with Gasteiger partial charge in [-0.15, -0.1) is 0 Å². The third-order valence-electron chi connectivity index (χ3n) is 4.96. The molecule has 1 heterocycles. The van der Waals surface area contributed by atoms with Crippen molar-refractivity contribution >= 4 is 5.91 Å². The number of hydrogen-bond acceptors (Lipinski definition) is 2. The molecule has 120 valence electrons. The predicted molar refractivity (Wildman–Crippen MR) is 78.0 cm³/mol. The van der Waals surface area contributed by atoms with E-state index in [0.717, 1.165) is 12.5 Å². The smallest absolute Gasteiger partial charge is 0.226 e. The number of likely N-dealkylation sites (tertiary alicyclic amines) is 1. The fourth-order valence-electron chi connectivity index (χ4n) is 3.68. The first kappa shape index (κ1) is 15.4.